The minimum Gasteiger partial charge on any atom is -0.497 e. The van der Waals surface area contributed by atoms with Crippen LogP contribution in [0.1, 0.15) is 24.8 Å². The third-order valence-corrected chi connectivity index (χ3v) is 3.81. The quantitative estimate of drug-likeness (QED) is 0.890. The molecule has 1 atom stereocenters. The highest BCUT2D eigenvalue weighted by atomic mass is 16.5. The van der Waals surface area contributed by atoms with E-state index in [0.717, 1.165) is 50.1 Å². The minimum atomic E-state index is -0.558. The molecule has 0 aliphatic carbocycles. The molecule has 18 heavy (non-hydrogen) atoms. The van der Waals surface area contributed by atoms with Crippen molar-refractivity contribution in [3.63, 3.8) is 0 Å². The molecule has 1 N–H and O–H groups in total. The first-order valence-corrected chi connectivity index (χ1v) is 6.65. The van der Waals surface area contributed by atoms with Crippen molar-refractivity contribution in [1.29, 1.82) is 0 Å². The van der Waals surface area contributed by atoms with Crippen LogP contribution in [-0.4, -0.2) is 42.9 Å². The summed E-state index contributed by atoms with van der Waals surface area (Å²) in [6.45, 7) is 2.06. The van der Waals surface area contributed by atoms with E-state index in [9.17, 15) is 5.11 Å². The third-order valence-electron chi connectivity index (χ3n) is 3.81. The minimum absolute atomic E-state index is 0.558. The second-order valence-electron chi connectivity index (χ2n) is 5.41. The number of hydrogen-bond acceptors (Lipinski definition) is 3. The molecule has 3 heteroatoms. The lowest BCUT2D eigenvalue weighted by atomic mass is 9.88. The largest absolute Gasteiger partial charge is 0.497 e. The predicted octanol–water partition coefficient (Wildman–Crippen LogP) is 2.08. The van der Waals surface area contributed by atoms with Crippen molar-refractivity contribution in [2.45, 2.75) is 31.3 Å². The Kier molecular flexibility index (Phi) is 4.25. The molecule has 0 bridgehead atoms. The van der Waals surface area contributed by atoms with Crippen LogP contribution in [-0.2, 0) is 6.42 Å². The molecular formula is C15H23NO2. The topological polar surface area (TPSA) is 32.7 Å². The second-order valence-corrected chi connectivity index (χ2v) is 5.41. The zero-order valence-electron chi connectivity index (χ0n) is 11.4. The van der Waals surface area contributed by atoms with E-state index in [1.807, 2.05) is 18.2 Å². The van der Waals surface area contributed by atoms with E-state index in [-0.39, 0.29) is 0 Å². The Morgan fingerprint density at radius 1 is 1.33 bits per heavy atom. The average Bonchev–Trinajstić information content (AvgIpc) is 2.52. The number of hydrogen-bond donors (Lipinski definition) is 1. The van der Waals surface area contributed by atoms with Gasteiger partial charge in [-0.1, -0.05) is 12.1 Å². The van der Waals surface area contributed by atoms with Crippen LogP contribution in [0, 0.1) is 0 Å². The zero-order valence-corrected chi connectivity index (χ0v) is 11.4. The smallest absolute Gasteiger partial charge is 0.119 e. The Balaban J connectivity index is 2.06. The van der Waals surface area contributed by atoms with Gasteiger partial charge in [0.15, 0.2) is 0 Å². The monoisotopic (exact) mass is 249 g/mol. The summed E-state index contributed by atoms with van der Waals surface area (Å²) in [6, 6.07) is 8.01. The van der Waals surface area contributed by atoms with Crippen molar-refractivity contribution >= 4 is 0 Å². The molecular weight excluding hydrogens is 226 g/mol. The lowest BCUT2D eigenvalue weighted by Crippen LogP contribution is -2.32. The van der Waals surface area contributed by atoms with Gasteiger partial charge < -0.3 is 14.7 Å². The molecule has 1 aromatic rings. The van der Waals surface area contributed by atoms with Crippen LogP contribution in [0.5, 0.6) is 5.75 Å². The fourth-order valence-electron chi connectivity index (χ4n) is 2.65. The Labute approximate surface area is 109 Å². The number of nitrogens with zero attached hydrogens (tertiary/aromatic N) is 1. The fourth-order valence-corrected chi connectivity index (χ4v) is 2.65. The van der Waals surface area contributed by atoms with Gasteiger partial charge in [0.05, 0.1) is 12.7 Å². The molecule has 0 amide bonds. The standard InChI is InChI=1S/C15H23NO2/c1-16-9-4-7-15(17,8-10-16)12-13-5-3-6-14(11-13)18-2/h3,5-6,11,17H,4,7-10,12H2,1-2H3. The van der Waals surface area contributed by atoms with Gasteiger partial charge in [-0.05, 0) is 50.6 Å². The van der Waals surface area contributed by atoms with Crippen LogP contribution >= 0.6 is 0 Å². The first-order valence-electron chi connectivity index (χ1n) is 6.65. The molecule has 0 radical (unpaired) electrons. The number of likely N-dealkylation sites (tertiary alicyclic amines) is 1. The normalized spacial score (nSPS) is 25.7. The van der Waals surface area contributed by atoms with Gasteiger partial charge in [0.1, 0.15) is 5.75 Å². The number of aliphatic hydroxyl groups is 1. The summed E-state index contributed by atoms with van der Waals surface area (Å²) in [4.78, 5) is 2.30. The first-order chi connectivity index (χ1) is 8.61. The maximum Gasteiger partial charge on any atom is 0.119 e. The number of ether oxygens (including phenoxy) is 1. The molecule has 1 fully saturated rings. The average molecular weight is 249 g/mol. The second kappa shape index (κ2) is 5.72. The highest BCUT2D eigenvalue weighted by molar-refractivity contribution is 5.29. The number of methoxy groups -OCH3 is 1. The maximum atomic E-state index is 10.7. The van der Waals surface area contributed by atoms with Crippen molar-refractivity contribution in [3.8, 4) is 5.75 Å². The van der Waals surface area contributed by atoms with Gasteiger partial charge in [0, 0.05) is 13.0 Å². The molecule has 0 aromatic heterocycles. The highest BCUT2D eigenvalue weighted by Gasteiger charge is 2.29. The Hall–Kier alpha value is -1.06. The molecule has 1 saturated heterocycles. The predicted molar refractivity (Wildman–Crippen MR) is 73.0 cm³/mol. The Morgan fingerprint density at radius 3 is 2.94 bits per heavy atom. The van der Waals surface area contributed by atoms with E-state index in [1.165, 1.54) is 0 Å². The summed E-state index contributed by atoms with van der Waals surface area (Å²) in [5, 5.41) is 10.7. The SMILES string of the molecule is COc1cccc(CC2(O)CCCN(C)CC2)c1. The van der Waals surface area contributed by atoms with E-state index < -0.39 is 5.60 Å². The van der Waals surface area contributed by atoms with Crippen LogP contribution < -0.4 is 4.74 Å². The molecule has 3 nitrogen and oxygen atoms in total. The Morgan fingerprint density at radius 2 is 2.17 bits per heavy atom. The summed E-state index contributed by atoms with van der Waals surface area (Å²) in [6.07, 6.45) is 3.52. The van der Waals surface area contributed by atoms with Crippen molar-refractivity contribution < 1.29 is 9.84 Å². The summed E-state index contributed by atoms with van der Waals surface area (Å²) in [7, 11) is 3.80. The van der Waals surface area contributed by atoms with Gasteiger partial charge in [-0.25, -0.2) is 0 Å². The van der Waals surface area contributed by atoms with Crippen molar-refractivity contribution in [2.75, 3.05) is 27.2 Å². The molecule has 1 aromatic carbocycles. The summed E-state index contributed by atoms with van der Waals surface area (Å²) in [5.74, 6) is 0.863. The lowest BCUT2D eigenvalue weighted by Gasteiger charge is -2.27. The molecule has 0 saturated carbocycles. The molecule has 1 heterocycles. The van der Waals surface area contributed by atoms with Crippen molar-refractivity contribution in [3.05, 3.63) is 29.8 Å². The van der Waals surface area contributed by atoms with Crippen LogP contribution in [0.2, 0.25) is 0 Å². The fraction of sp³-hybridized carbons (Fsp3) is 0.600. The van der Waals surface area contributed by atoms with Gasteiger partial charge in [-0.15, -0.1) is 0 Å². The van der Waals surface area contributed by atoms with Gasteiger partial charge in [0.25, 0.3) is 0 Å². The van der Waals surface area contributed by atoms with Gasteiger partial charge in [-0.2, -0.15) is 0 Å². The van der Waals surface area contributed by atoms with Gasteiger partial charge in [0.2, 0.25) is 0 Å². The van der Waals surface area contributed by atoms with Crippen molar-refractivity contribution in [1.82, 2.24) is 4.90 Å². The van der Waals surface area contributed by atoms with Gasteiger partial charge in [-0.3, -0.25) is 0 Å². The molecule has 1 aliphatic rings. The highest BCUT2D eigenvalue weighted by Crippen LogP contribution is 2.27. The van der Waals surface area contributed by atoms with Gasteiger partial charge >= 0.3 is 0 Å². The lowest BCUT2D eigenvalue weighted by molar-refractivity contribution is 0.0263. The van der Waals surface area contributed by atoms with Crippen molar-refractivity contribution in [2.24, 2.45) is 0 Å². The third kappa shape index (κ3) is 3.47. The van der Waals surface area contributed by atoms with E-state index in [4.69, 9.17) is 4.74 Å². The van der Waals surface area contributed by atoms with Crippen LogP contribution in [0.25, 0.3) is 0 Å². The summed E-state index contributed by atoms with van der Waals surface area (Å²) in [5.41, 5.74) is 0.596. The molecule has 1 aliphatic heterocycles. The molecule has 0 spiro atoms. The van der Waals surface area contributed by atoms with E-state index in [0.29, 0.717) is 0 Å². The molecule has 100 valence electrons. The van der Waals surface area contributed by atoms with Crippen LogP contribution in [0.3, 0.4) is 0 Å². The maximum absolute atomic E-state index is 10.7. The molecule has 1 unspecified atom stereocenters. The van der Waals surface area contributed by atoms with E-state index >= 15 is 0 Å². The summed E-state index contributed by atoms with van der Waals surface area (Å²) >= 11 is 0. The van der Waals surface area contributed by atoms with Crippen LogP contribution in [0.15, 0.2) is 24.3 Å². The van der Waals surface area contributed by atoms with E-state index in [2.05, 4.69) is 18.0 Å². The Bertz CT molecular complexity index is 394. The summed E-state index contributed by atoms with van der Waals surface area (Å²) < 4.78 is 5.23. The zero-order chi connectivity index (χ0) is 13.0. The molecule has 2 rings (SSSR count). The van der Waals surface area contributed by atoms with Crippen LogP contribution in [0.4, 0.5) is 0 Å². The first kappa shape index (κ1) is 13.4. The van der Waals surface area contributed by atoms with E-state index in [1.54, 1.807) is 7.11 Å². The number of rotatable bonds is 3. The number of benzene rings is 1.